The number of sulfonamides is 1. The molecule has 0 saturated heterocycles. The highest BCUT2D eigenvalue weighted by Crippen LogP contribution is 2.28. The van der Waals surface area contributed by atoms with Crippen LogP contribution in [0.5, 0.6) is 0 Å². The minimum Gasteiger partial charge on any atom is -0.475 e. The number of benzene rings is 3. The van der Waals surface area contributed by atoms with Crippen molar-refractivity contribution in [3.63, 3.8) is 0 Å². The molecule has 210 valence electrons. The lowest BCUT2D eigenvalue weighted by atomic mass is 10.0. The first-order chi connectivity index (χ1) is 18.7. The number of nitrogens with two attached hydrogens (primary N) is 2. The number of nitrogens with zero attached hydrogens (tertiary/aromatic N) is 1. The SMILES string of the molecule is N=C(N)c1cccc(C2=NOC(C(=O)Nc3ccc(-c4ccccc4S(N)(=O)=O)cc3)C2)c1.O=C(O)C(F)(F)F. The van der Waals surface area contributed by atoms with Gasteiger partial charge in [0.05, 0.1) is 10.6 Å². The Morgan fingerprint density at radius 3 is 2.23 bits per heavy atom. The molecular weight excluding hydrogens is 555 g/mol. The predicted octanol–water partition coefficient (Wildman–Crippen LogP) is 3.05. The molecule has 0 bridgehead atoms. The van der Waals surface area contributed by atoms with Crippen LogP contribution in [0.2, 0.25) is 0 Å². The highest BCUT2D eigenvalue weighted by atomic mass is 32.2. The van der Waals surface area contributed by atoms with Crippen LogP contribution < -0.4 is 16.2 Å². The number of carbonyl (C=O) groups is 2. The Labute approximate surface area is 225 Å². The van der Waals surface area contributed by atoms with Crippen LogP contribution in [0.15, 0.2) is 82.8 Å². The van der Waals surface area contributed by atoms with Crippen LogP contribution in [-0.2, 0) is 24.4 Å². The maximum Gasteiger partial charge on any atom is 0.490 e. The van der Waals surface area contributed by atoms with E-state index in [0.717, 1.165) is 5.56 Å². The molecule has 0 saturated carbocycles. The van der Waals surface area contributed by atoms with Crippen LogP contribution in [0.25, 0.3) is 11.1 Å². The first kappa shape index (κ1) is 29.8. The van der Waals surface area contributed by atoms with Crippen LogP contribution in [0.3, 0.4) is 0 Å². The highest BCUT2D eigenvalue weighted by molar-refractivity contribution is 7.89. The van der Waals surface area contributed by atoms with Gasteiger partial charge in [-0.2, -0.15) is 13.2 Å². The van der Waals surface area contributed by atoms with E-state index in [2.05, 4.69) is 10.5 Å². The summed E-state index contributed by atoms with van der Waals surface area (Å²) in [6.07, 6.45) is -5.61. The van der Waals surface area contributed by atoms with Crippen molar-refractivity contribution in [1.29, 1.82) is 5.41 Å². The number of carboxylic acids is 1. The molecule has 15 heteroatoms. The Morgan fingerprint density at radius 1 is 1.02 bits per heavy atom. The average Bonchev–Trinajstić information content (AvgIpc) is 3.39. The molecular formula is C25H22F3N5O6S. The Balaban J connectivity index is 0.000000559. The Kier molecular flexibility index (Phi) is 8.91. The summed E-state index contributed by atoms with van der Waals surface area (Å²) >= 11 is 0. The summed E-state index contributed by atoms with van der Waals surface area (Å²) in [5.41, 5.74) is 9.06. The van der Waals surface area contributed by atoms with E-state index in [1.54, 1.807) is 60.7 Å². The molecule has 1 heterocycles. The second-order valence-corrected chi connectivity index (χ2v) is 9.77. The van der Waals surface area contributed by atoms with Gasteiger partial charge in [0.1, 0.15) is 5.84 Å². The number of rotatable bonds is 6. The number of alkyl halides is 3. The fraction of sp³-hybridized carbons (Fsp3) is 0.120. The van der Waals surface area contributed by atoms with Gasteiger partial charge in [-0.25, -0.2) is 18.4 Å². The number of halogens is 3. The van der Waals surface area contributed by atoms with Gasteiger partial charge in [-0.3, -0.25) is 10.2 Å². The monoisotopic (exact) mass is 577 g/mol. The molecule has 3 aromatic carbocycles. The Morgan fingerprint density at radius 2 is 1.65 bits per heavy atom. The summed E-state index contributed by atoms with van der Waals surface area (Å²) in [6, 6.07) is 20.2. The Hall–Kier alpha value is -4.76. The lowest BCUT2D eigenvalue weighted by Crippen LogP contribution is -2.28. The zero-order chi connectivity index (χ0) is 29.7. The molecule has 0 aromatic heterocycles. The molecule has 40 heavy (non-hydrogen) atoms. The van der Waals surface area contributed by atoms with Crippen molar-refractivity contribution in [3.8, 4) is 11.1 Å². The van der Waals surface area contributed by atoms with E-state index in [9.17, 15) is 26.4 Å². The molecule has 1 aliphatic rings. The van der Waals surface area contributed by atoms with E-state index < -0.39 is 28.3 Å². The predicted molar refractivity (Wildman–Crippen MR) is 139 cm³/mol. The number of nitrogens with one attached hydrogen (secondary N) is 2. The first-order valence-electron chi connectivity index (χ1n) is 11.2. The van der Waals surface area contributed by atoms with Crippen molar-refractivity contribution in [2.45, 2.75) is 23.6 Å². The summed E-state index contributed by atoms with van der Waals surface area (Å²) in [5, 5.41) is 26.8. The van der Waals surface area contributed by atoms with E-state index in [1.165, 1.54) is 6.07 Å². The molecule has 1 atom stereocenters. The van der Waals surface area contributed by atoms with E-state index in [-0.39, 0.29) is 23.1 Å². The van der Waals surface area contributed by atoms with Crippen LogP contribution in [0.1, 0.15) is 17.5 Å². The van der Waals surface area contributed by atoms with Gasteiger partial charge in [0.2, 0.25) is 16.1 Å². The summed E-state index contributed by atoms with van der Waals surface area (Å²) in [6.45, 7) is 0. The van der Waals surface area contributed by atoms with Gasteiger partial charge in [-0.05, 0) is 29.8 Å². The lowest BCUT2D eigenvalue weighted by Gasteiger charge is -2.11. The number of primary sulfonamides is 1. The third-order valence-electron chi connectivity index (χ3n) is 5.37. The van der Waals surface area contributed by atoms with Crippen molar-refractivity contribution >= 4 is 39.1 Å². The molecule has 0 aliphatic carbocycles. The molecule has 1 amide bonds. The number of anilines is 1. The molecule has 3 aromatic rings. The van der Waals surface area contributed by atoms with E-state index in [0.29, 0.717) is 28.1 Å². The number of oxime groups is 1. The topological polar surface area (TPSA) is 198 Å². The van der Waals surface area contributed by atoms with Crippen molar-refractivity contribution in [1.82, 2.24) is 0 Å². The summed E-state index contributed by atoms with van der Waals surface area (Å²) in [7, 11) is -3.88. The minimum absolute atomic E-state index is 0.0275. The van der Waals surface area contributed by atoms with Crippen molar-refractivity contribution < 1.29 is 41.1 Å². The molecule has 1 aliphatic heterocycles. The van der Waals surface area contributed by atoms with Gasteiger partial charge in [0, 0.05) is 28.8 Å². The quantitative estimate of drug-likeness (QED) is 0.219. The van der Waals surface area contributed by atoms with Crippen LogP contribution in [0.4, 0.5) is 18.9 Å². The van der Waals surface area contributed by atoms with Crippen molar-refractivity contribution in [3.05, 3.63) is 83.9 Å². The maximum atomic E-state index is 12.6. The fourth-order valence-electron chi connectivity index (χ4n) is 3.46. The molecule has 0 fully saturated rings. The summed E-state index contributed by atoms with van der Waals surface area (Å²) in [4.78, 5) is 26.9. The number of carboxylic acid groups (broad SMARTS) is 1. The summed E-state index contributed by atoms with van der Waals surface area (Å²) in [5.74, 6) is -3.18. The number of carbonyl (C=O) groups excluding carboxylic acids is 1. The van der Waals surface area contributed by atoms with E-state index in [1.807, 2.05) is 6.07 Å². The van der Waals surface area contributed by atoms with Crippen LogP contribution >= 0.6 is 0 Å². The summed E-state index contributed by atoms with van der Waals surface area (Å²) < 4.78 is 55.4. The van der Waals surface area contributed by atoms with E-state index >= 15 is 0 Å². The number of hydrogen-bond acceptors (Lipinski definition) is 7. The normalized spacial score (nSPS) is 14.7. The van der Waals surface area contributed by atoms with Gasteiger partial charge < -0.3 is 21.0 Å². The molecule has 11 nitrogen and oxygen atoms in total. The number of amides is 1. The highest BCUT2D eigenvalue weighted by Gasteiger charge is 2.38. The standard InChI is InChI=1S/C23H21N5O4S.C2HF3O2/c24-22(25)16-5-3-4-15(12-16)19-13-20(32-28-19)23(29)27-17-10-8-14(9-11-17)18-6-1-2-7-21(18)33(26,30)31;3-2(4,5)1(6)7/h1-12,20H,13H2,(H3,24,25)(H,27,29)(H2,26,30,31);(H,6,7). The molecule has 7 N–H and O–H groups in total. The number of amidine groups is 1. The van der Waals surface area contributed by atoms with Crippen molar-refractivity contribution in [2.75, 3.05) is 5.32 Å². The lowest BCUT2D eigenvalue weighted by molar-refractivity contribution is -0.192. The van der Waals surface area contributed by atoms with Crippen molar-refractivity contribution in [2.24, 2.45) is 16.0 Å². The maximum absolute atomic E-state index is 12.6. The van der Waals surface area contributed by atoms with Gasteiger partial charge in [-0.1, -0.05) is 53.7 Å². The van der Waals surface area contributed by atoms with Gasteiger partial charge in [0.25, 0.3) is 5.91 Å². The smallest absolute Gasteiger partial charge is 0.475 e. The third-order valence-corrected chi connectivity index (χ3v) is 6.34. The molecule has 0 radical (unpaired) electrons. The zero-order valence-electron chi connectivity index (χ0n) is 20.3. The van der Waals surface area contributed by atoms with Crippen LogP contribution in [-0.4, -0.2) is 49.2 Å². The molecule has 1 unspecified atom stereocenters. The van der Waals surface area contributed by atoms with E-state index in [4.69, 9.17) is 31.0 Å². The largest absolute Gasteiger partial charge is 0.490 e. The second-order valence-electron chi connectivity index (χ2n) is 8.24. The molecule has 0 spiro atoms. The number of aliphatic carboxylic acids is 1. The molecule has 4 rings (SSSR count). The van der Waals surface area contributed by atoms with Gasteiger partial charge in [0.15, 0.2) is 0 Å². The third kappa shape index (κ3) is 7.64. The number of hydrogen-bond donors (Lipinski definition) is 5. The van der Waals surface area contributed by atoms with Gasteiger partial charge >= 0.3 is 12.1 Å². The van der Waals surface area contributed by atoms with Gasteiger partial charge in [-0.15, -0.1) is 0 Å². The second kappa shape index (κ2) is 12.0. The van der Waals surface area contributed by atoms with Crippen LogP contribution in [0, 0.1) is 5.41 Å². The minimum atomic E-state index is -5.08. The average molecular weight is 578 g/mol. The Bertz CT molecular complexity index is 1570. The number of nitrogen functional groups attached to an aromatic ring is 1. The first-order valence-corrected chi connectivity index (χ1v) is 12.7. The fourth-order valence-corrected chi connectivity index (χ4v) is 4.22. The zero-order valence-corrected chi connectivity index (χ0v) is 21.2.